The summed E-state index contributed by atoms with van der Waals surface area (Å²) in [5.74, 6) is -0.0458. The second kappa shape index (κ2) is 8.96. The molecule has 0 radical (unpaired) electrons. The Morgan fingerprint density at radius 1 is 1.23 bits per heavy atom. The molecule has 0 bridgehead atoms. The zero-order valence-electron chi connectivity index (χ0n) is 15.1. The van der Waals surface area contributed by atoms with Crippen LogP contribution in [-0.4, -0.2) is 54.3 Å². The molecule has 1 aliphatic rings. The molecule has 6 heteroatoms. The molecule has 1 aliphatic heterocycles. The first-order chi connectivity index (χ1) is 12.6. The van der Waals surface area contributed by atoms with E-state index in [9.17, 15) is 9.59 Å². The van der Waals surface area contributed by atoms with Crippen molar-refractivity contribution < 1.29 is 9.59 Å². The summed E-state index contributed by atoms with van der Waals surface area (Å²) in [6, 6.07) is 14.6. The smallest absolute Gasteiger partial charge is 0.239 e. The molecule has 2 amide bonds. The van der Waals surface area contributed by atoms with E-state index < -0.39 is 0 Å². The molecule has 0 unspecified atom stereocenters. The number of carbonyl (C=O) groups excluding carboxylic acids is 2. The van der Waals surface area contributed by atoms with Crippen molar-refractivity contribution in [1.29, 1.82) is 0 Å². The highest BCUT2D eigenvalue weighted by molar-refractivity contribution is 7.11. The number of nitrogens with zero attached hydrogens (tertiary/aromatic N) is 2. The number of hydrogen-bond donors (Lipinski definition) is 1. The number of thiophene rings is 1. The van der Waals surface area contributed by atoms with Crippen LogP contribution in [0.15, 0.2) is 42.5 Å². The summed E-state index contributed by atoms with van der Waals surface area (Å²) in [6.45, 7) is 5.32. The van der Waals surface area contributed by atoms with E-state index in [-0.39, 0.29) is 18.4 Å². The van der Waals surface area contributed by atoms with Crippen molar-refractivity contribution in [3.63, 3.8) is 0 Å². The van der Waals surface area contributed by atoms with Gasteiger partial charge in [-0.05, 0) is 31.0 Å². The van der Waals surface area contributed by atoms with E-state index >= 15 is 0 Å². The Morgan fingerprint density at radius 2 is 2.04 bits per heavy atom. The molecule has 0 aliphatic carbocycles. The monoisotopic (exact) mass is 371 g/mol. The molecule has 138 valence electrons. The molecule has 0 spiro atoms. The maximum atomic E-state index is 12.7. The summed E-state index contributed by atoms with van der Waals surface area (Å²) in [5, 5.41) is 2.76. The number of aryl methyl sites for hydroxylation is 1. The van der Waals surface area contributed by atoms with Gasteiger partial charge in [0.2, 0.25) is 11.8 Å². The van der Waals surface area contributed by atoms with Gasteiger partial charge in [0.1, 0.15) is 0 Å². The average molecular weight is 372 g/mol. The van der Waals surface area contributed by atoms with Crippen LogP contribution < -0.4 is 5.32 Å². The van der Waals surface area contributed by atoms with Gasteiger partial charge in [-0.15, -0.1) is 11.3 Å². The van der Waals surface area contributed by atoms with E-state index in [0.29, 0.717) is 19.6 Å². The summed E-state index contributed by atoms with van der Waals surface area (Å²) in [5.41, 5.74) is 1.27. The molecule has 2 aromatic rings. The van der Waals surface area contributed by atoms with Gasteiger partial charge in [-0.2, -0.15) is 0 Å². The van der Waals surface area contributed by atoms with Crippen molar-refractivity contribution in [3.8, 4) is 0 Å². The first-order valence-electron chi connectivity index (χ1n) is 8.96. The third-order valence-electron chi connectivity index (χ3n) is 4.48. The number of nitrogens with one attached hydrogen (secondary N) is 1. The van der Waals surface area contributed by atoms with Gasteiger partial charge in [0.25, 0.3) is 0 Å². The second-order valence-electron chi connectivity index (χ2n) is 6.62. The zero-order valence-corrected chi connectivity index (χ0v) is 15.9. The van der Waals surface area contributed by atoms with Crippen molar-refractivity contribution in [2.45, 2.75) is 19.9 Å². The summed E-state index contributed by atoms with van der Waals surface area (Å²) < 4.78 is 0. The number of rotatable bonds is 7. The van der Waals surface area contributed by atoms with Crippen LogP contribution in [0.25, 0.3) is 0 Å². The van der Waals surface area contributed by atoms with Crippen LogP contribution in [0, 0.1) is 6.92 Å². The molecular weight excluding hydrogens is 346 g/mol. The van der Waals surface area contributed by atoms with E-state index in [1.54, 1.807) is 16.2 Å². The van der Waals surface area contributed by atoms with Crippen LogP contribution in [-0.2, 0) is 22.6 Å². The molecule has 1 N–H and O–H groups in total. The van der Waals surface area contributed by atoms with Crippen LogP contribution in [0.2, 0.25) is 0 Å². The molecule has 1 aromatic heterocycles. The van der Waals surface area contributed by atoms with Crippen molar-refractivity contribution in [3.05, 3.63) is 57.8 Å². The third kappa shape index (κ3) is 5.41. The van der Waals surface area contributed by atoms with Gasteiger partial charge in [-0.1, -0.05) is 30.3 Å². The van der Waals surface area contributed by atoms with E-state index in [0.717, 1.165) is 19.5 Å². The quantitative estimate of drug-likeness (QED) is 0.811. The van der Waals surface area contributed by atoms with Gasteiger partial charge in [0.15, 0.2) is 0 Å². The van der Waals surface area contributed by atoms with Gasteiger partial charge in [0, 0.05) is 35.9 Å². The Balaban J connectivity index is 1.63. The number of piperazine rings is 1. The molecule has 26 heavy (non-hydrogen) atoms. The molecule has 0 saturated carbocycles. The summed E-state index contributed by atoms with van der Waals surface area (Å²) in [4.78, 5) is 30.6. The SMILES string of the molecule is Cc1ccc(CN(CCc2ccccc2)CC(=O)N2CCNC(=O)C2)s1. The minimum Gasteiger partial charge on any atom is -0.353 e. The van der Waals surface area contributed by atoms with Gasteiger partial charge < -0.3 is 10.2 Å². The van der Waals surface area contributed by atoms with E-state index in [1.165, 1.54) is 15.3 Å². The van der Waals surface area contributed by atoms with Gasteiger partial charge >= 0.3 is 0 Å². The largest absolute Gasteiger partial charge is 0.353 e. The van der Waals surface area contributed by atoms with Gasteiger partial charge in [-0.3, -0.25) is 14.5 Å². The molecule has 5 nitrogen and oxygen atoms in total. The van der Waals surface area contributed by atoms with E-state index in [2.05, 4.69) is 41.4 Å². The van der Waals surface area contributed by atoms with Crippen molar-refractivity contribution >= 4 is 23.2 Å². The van der Waals surface area contributed by atoms with E-state index in [4.69, 9.17) is 0 Å². The topological polar surface area (TPSA) is 52.7 Å². The van der Waals surface area contributed by atoms with Gasteiger partial charge in [0.05, 0.1) is 13.1 Å². The Morgan fingerprint density at radius 3 is 2.73 bits per heavy atom. The Kier molecular flexibility index (Phi) is 6.41. The number of amides is 2. The summed E-state index contributed by atoms with van der Waals surface area (Å²) in [6.07, 6.45) is 0.902. The fraction of sp³-hybridized carbons (Fsp3) is 0.400. The summed E-state index contributed by atoms with van der Waals surface area (Å²) in [7, 11) is 0. The molecule has 1 aromatic carbocycles. The molecular formula is C20H25N3O2S. The average Bonchev–Trinajstić information content (AvgIpc) is 3.05. The maximum Gasteiger partial charge on any atom is 0.239 e. The molecule has 0 atom stereocenters. The fourth-order valence-corrected chi connectivity index (χ4v) is 4.01. The van der Waals surface area contributed by atoms with Crippen LogP contribution in [0.1, 0.15) is 15.3 Å². The van der Waals surface area contributed by atoms with Crippen LogP contribution >= 0.6 is 11.3 Å². The molecule has 1 saturated heterocycles. The number of carbonyl (C=O) groups is 2. The normalized spacial score (nSPS) is 14.5. The first-order valence-corrected chi connectivity index (χ1v) is 9.78. The highest BCUT2D eigenvalue weighted by atomic mass is 32.1. The summed E-state index contributed by atoms with van der Waals surface area (Å²) >= 11 is 1.77. The lowest BCUT2D eigenvalue weighted by Gasteiger charge is -2.29. The minimum absolute atomic E-state index is 0.0289. The van der Waals surface area contributed by atoms with Crippen LogP contribution in [0.4, 0.5) is 0 Å². The predicted octanol–water partition coefficient (Wildman–Crippen LogP) is 2.06. The zero-order chi connectivity index (χ0) is 18.4. The Bertz CT molecular complexity index is 745. The number of hydrogen-bond acceptors (Lipinski definition) is 4. The van der Waals surface area contributed by atoms with Crippen molar-refractivity contribution in [2.75, 3.05) is 32.7 Å². The lowest BCUT2D eigenvalue weighted by molar-refractivity contribution is -0.139. The standard InChI is InChI=1S/C20H25N3O2S/c1-16-7-8-18(26-16)13-22(11-9-17-5-3-2-4-6-17)15-20(25)23-12-10-21-19(24)14-23/h2-8H,9-15H2,1H3,(H,21,24). The van der Waals surface area contributed by atoms with Crippen LogP contribution in [0.3, 0.4) is 0 Å². The first kappa shape index (κ1) is 18.6. The lowest BCUT2D eigenvalue weighted by atomic mass is 10.1. The number of benzene rings is 1. The second-order valence-corrected chi connectivity index (χ2v) is 8.00. The van der Waals surface area contributed by atoms with Crippen molar-refractivity contribution in [1.82, 2.24) is 15.1 Å². The van der Waals surface area contributed by atoms with Gasteiger partial charge in [-0.25, -0.2) is 0 Å². The van der Waals surface area contributed by atoms with Crippen LogP contribution in [0.5, 0.6) is 0 Å². The third-order valence-corrected chi connectivity index (χ3v) is 5.47. The van der Waals surface area contributed by atoms with Crippen molar-refractivity contribution in [2.24, 2.45) is 0 Å². The highest BCUT2D eigenvalue weighted by Gasteiger charge is 2.23. The fourth-order valence-electron chi connectivity index (χ4n) is 3.08. The molecule has 1 fully saturated rings. The predicted molar refractivity (Wildman–Crippen MR) is 104 cm³/mol. The van der Waals surface area contributed by atoms with E-state index in [1.807, 2.05) is 18.2 Å². The maximum absolute atomic E-state index is 12.7. The molecule has 3 rings (SSSR count). The highest BCUT2D eigenvalue weighted by Crippen LogP contribution is 2.17. The lowest BCUT2D eigenvalue weighted by Crippen LogP contribution is -2.52. The Labute approximate surface area is 158 Å². The molecule has 2 heterocycles. The minimum atomic E-state index is -0.0747. The Hall–Kier alpha value is -2.18.